The highest BCUT2D eigenvalue weighted by atomic mass is 16.7. The van der Waals surface area contributed by atoms with E-state index in [0.29, 0.717) is 30.2 Å². The number of methoxy groups -OCH3 is 1. The Bertz CT molecular complexity index is 1180. The monoisotopic (exact) mass is 417 g/mol. The lowest BCUT2D eigenvalue weighted by atomic mass is 9.82. The Hall–Kier alpha value is -3.61. The molecule has 6 rings (SSSR count). The van der Waals surface area contributed by atoms with Gasteiger partial charge in [0.2, 0.25) is 6.79 Å². The van der Waals surface area contributed by atoms with Crippen LogP contribution in [0.1, 0.15) is 28.9 Å². The quantitative estimate of drug-likeness (QED) is 0.688. The van der Waals surface area contributed by atoms with Crippen molar-refractivity contribution in [2.24, 2.45) is 0 Å². The second-order valence-electron chi connectivity index (χ2n) is 8.21. The number of carbonyl (C=O) groups is 1. The van der Waals surface area contributed by atoms with Crippen LogP contribution in [-0.4, -0.2) is 42.4 Å². The van der Waals surface area contributed by atoms with Crippen LogP contribution < -0.4 is 19.5 Å². The number of carbonyl (C=O) groups excluding carboxylic acids is 1. The first-order valence-corrected chi connectivity index (χ1v) is 10.5. The van der Waals surface area contributed by atoms with Crippen LogP contribution >= 0.6 is 0 Å². The van der Waals surface area contributed by atoms with Gasteiger partial charge in [0.15, 0.2) is 11.5 Å². The third kappa shape index (κ3) is 2.76. The molecule has 0 bridgehead atoms. The van der Waals surface area contributed by atoms with E-state index in [4.69, 9.17) is 14.2 Å². The minimum Gasteiger partial charge on any atom is -0.497 e. The number of anilines is 1. The van der Waals surface area contributed by atoms with E-state index >= 15 is 0 Å². The van der Waals surface area contributed by atoms with Crippen molar-refractivity contribution in [2.45, 2.75) is 18.4 Å². The Morgan fingerprint density at radius 1 is 1.06 bits per heavy atom. The zero-order chi connectivity index (χ0) is 21.0. The third-order valence-electron chi connectivity index (χ3n) is 6.60. The van der Waals surface area contributed by atoms with Gasteiger partial charge in [-0.15, -0.1) is 0 Å². The Balaban J connectivity index is 1.26. The van der Waals surface area contributed by atoms with E-state index < -0.39 is 0 Å². The van der Waals surface area contributed by atoms with Gasteiger partial charge in [-0.05, 0) is 55.3 Å². The van der Waals surface area contributed by atoms with Gasteiger partial charge < -0.3 is 29.0 Å². The van der Waals surface area contributed by atoms with E-state index in [-0.39, 0.29) is 18.2 Å². The molecular formula is C24H23N3O4. The van der Waals surface area contributed by atoms with Crippen LogP contribution in [0.2, 0.25) is 0 Å². The second kappa shape index (κ2) is 6.70. The number of hydrogen-bond donors (Lipinski definition) is 1. The molecular weight excluding hydrogens is 394 g/mol. The SMILES string of the molecule is COc1ccc2c(c1)NC1(CCN(C(=O)c3ccc4c(c3)OCO4)CC1)c1cccn1-2. The highest BCUT2D eigenvalue weighted by Gasteiger charge is 2.42. The van der Waals surface area contributed by atoms with Crippen molar-refractivity contribution in [2.75, 3.05) is 32.3 Å². The van der Waals surface area contributed by atoms with Gasteiger partial charge in [0, 0.05) is 36.6 Å². The molecule has 3 aliphatic heterocycles. The predicted molar refractivity (Wildman–Crippen MR) is 115 cm³/mol. The summed E-state index contributed by atoms with van der Waals surface area (Å²) in [6, 6.07) is 15.8. The maximum Gasteiger partial charge on any atom is 0.253 e. The topological polar surface area (TPSA) is 65.0 Å². The van der Waals surface area contributed by atoms with Crippen LogP contribution in [0.3, 0.4) is 0 Å². The zero-order valence-corrected chi connectivity index (χ0v) is 17.3. The molecule has 2 aromatic carbocycles. The predicted octanol–water partition coefficient (Wildman–Crippen LogP) is 3.77. The van der Waals surface area contributed by atoms with E-state index in [9.17, 15) is 4.79 Å². The molecule has 0 atom stereocenters. The Kier molecular flexibility index (Phi) is 3.93. The first-order valence-electron chi connectivity index (χ1n) is 10.5. The molecule has 0 aliphatic carbocycles. The van der Waals surface area contributed by atoms with E-state index in [1.54, 1.807) is 19.2 Å². The molecule has 7 heteroatoms. The molecule has 4 heterocycles. The molecule has 0 unspecified atom stereocenters. The van der Waals surface area contributed by atoms with Gasteiger partial charge in [-0.3, -0.25) is 4.79 Å². The van der Waals surface area contributed by atoms with Crippen LogP contribution in [0.5, 0.6) is 17.2 Å². The molecule has 1 amide bonds. The largest absolute Gasteiger partial charge is 0.497 e. The summed E-state index contributed by atoms with van der Waals surface area (Å²) in [7, 11) is 1.68. The molecule has 3 aromatic rings. The molecule has 1 aromatic heterocycles. The highest BCUT2D eigenvalue weighted by Crippen LogP contribution is 2.44. The van der Waals surface area contributed by atoms with Gasteiger partial charge in [-0.2, -0.15) is 0 Å². The van der Waals surface area contributed by atoms with Crippen molar-refractivity contribution < 1.29 is 19.0 Å². The van der Waals surface area contributed by atoms with Crippen molar-refractivity contribution in [3.63, 3.8) is 0 Å². The number of nitrogens with one attached hydrogen (secondary N) is 1. The number of likely N-dealkylation sites (tertiary alicyclic amines) is 1. The normalized spacial score (nSPS) is 17.6. The van der Waals surface area contributed by atoms with Gasteiger partial charge in [0.1, 0.15) is 5.75 Å². The first-order chi connectivity index (χ1) is 15.2. The van der Waals surface area contributed by atoms with Crippen molar-refractivity contribution in [1.29, 1.82) is 0 Å². The molecule has 0 saturated carbocycles. The highest BCUT2D eigenvalue weighted by molar-refractivity contribution is 5.95. The number of aromatic nitrogens is 1. The van der Waals surface area contributed by atoms with E-state index in [0.717, 1.165) is 30.0 Å². The average Bonchev–Trinajstić information content (AvgIpc) is 3.48. The third-order valence-corrected chi connectivity index (χ3v) is 6.60. The fourth-order valence-corrected chi connectivity index (χ4v) is 4.94. The number of amides is 1. The van der Waals surface area contributed by atoms with Gasteiger partial charge in [-0.25, -0.2) is 0 Å². The maximum absolute atomic E-state index is 13.1. The minimum atomic E-state index is -0.214. The average molecular weight is 417 g/mol. The van der Waals surface area contributed by atoms with Gasteiger partial charge in [0.25, 0.3) is 5.91 Å². The summed E-state index contributed by atoms with van der Waals surface area (Å²) in [5.74, 6) is 2.18. The van der Waals surface area contributed by atoms with Crippen LogP contribution in [0.4, 0.5) is 5.69 Å². The van der Waals surface area contributed by atoms with Crippen LogP contribution in [0.25, 0.3) is 5.69 Å². The number of nitrogens with zero attached hydrogens (tertiary/aromatic N) is 2. The summed E-state index contributed by atoms with van der Waals surface area (Å²) in [6.45, 7) is 1.55. The molecule has 7 nitrogen and oxygen atoms in total. The summed E-state index contributed by atoms with van der Waals surface area (Å²) in [6.07, 6.45) is 3.75. The summed E-state index contributed by atoms with van der Waals surface area (Å²) in [4.78, 5) is 15.1. The number of ether oxygens (including phenoxy) is 3. The fourth-order valence-electron chi connectivity index (χ4n) is 4.94. The molecule has 158 valence electrons. The van der Waals surface area contributed by atoms with Gasteiger partial charge in [0.05, 0.1) is 24.0 Å². The molecule has 1 spiro atoms. The molecule has 1 N–H and O–H groups in total. The van der Waals surface area contributed by atoms with Gasteiger partial charge >= 0.3 is 0 Å². The van der Waals surface area contributed by atoms with Crippen molar-refractivity contribution in [3.8, 4) is 22.9 Å². The lowest BCUT2D eigenvalue weighted by Crippen LogP contribution is -2.51. The fraction of sp³-hybridized carbons (Fsp3) is 0.292. The van der Waals surface area contributed by atoms with E-state index in [1.807, 2.05) is 23.1 Å². The van der Waals surface area contributed by atoms with E-state index in [2.05, 4.69) is 34.3 Å². The minimum absolute atomic E-state index is 0.0291. The summed E-state index contributed by atoms with van der Waals surface area (Å²) in [5, 5.41) is 3.79. The van der Waals surface area contributed by atoms with Crippen molar-refractivity contribution in [3.05, 3.63) is 66.0 Å². The Morgan fingerprint density at radius 3 is 2.74 bits per heavy atom. The number of piperidine rings is 1. The van der Waals surface area contributed by atoms with Gasteiger partial charge in [-0.1, -0.05) is 0 Å². The summed E-state index contributed by atoms with van der Waals surface area (Å²) < 4.78 is 18.5. The van der Waals surface area contributed by atoms with Crippen LogP contribution in [-0.2, 0) is 5.54 Å². The molecule has 1 saturated heterocycles. The number of fused-ring (bicyclic) bond motifs is 5. The number of rotatable bonds is 2. The molecule has 3 aliphatic rings. The Morgan fingerprint density at radius 2 is 1.90 bits per heavy atom. The van der Waals surface area contributed by atoms with Crippen LogP contribution in [0.15, 0.2) is 54.7 Å². The second-order valence-corrected chi connectivity index (χ2v) is 8.21. The lowest BCUT2D eigenvalue weighted by molar-refractivity contribution is 0.0676. The molecule has 1 fully saturated rings. The summed E-state index contributed by atoms with van der Waals surface area (Å²) in [5.41, 5.74) is 3.83. The van der Waals surface area contributed by atoms with E-state index in [1.165, 1.54) is 5.69 Å². The number of benzene rings is 2. The lowest BCUT2D eigenvalue weighted by Gasteiger charge is -2.46. The molecule has 31 heavy (non-hydrogen) atoms. The smallest absolute Gasteiger partial charge is 0.253 e. The summed E-state index contributed by atoms with van der Waals surface area (Å²) >= 11 is 0. The number of hydrogen-bond acceptors (Lipinski definition) is 5. The first kappa shape index (κ1) is 18.2. The molecule has 0 radical (unpaired) electrons. The zero-order valence-electron chi connectivity index (χ0n) is 17.3. The van der Waals surface area contributed by atoms with Crippen LogP contribution in [0, 0.1) is 0 Å². The van der Waals surface area contributed by atoms with Crippen molar-refractivity contribution in [1.82, 2.24) is 9.47 Å². The Labute approximate surface area is 180 Å². The standard InChI is InChI=1S/C24H23N3O4/c1-29-17-5-6-19-18(14-17)25-24(22-3-2-10-27(19)22)8-11-26(12-9-24)23(28)16-4-7-20-21(13-16)31-15-30-20/h2-7,10,13-14,25H,8-9,11-12,15H2,1H3. The van der Waals surface area contributed by atoms with Crippen molar-refractivity contribution >= 4 is 11.6 Å². The maximum atomic E-state index is 13.1.